The lowest BCUT2D eigenvalue weighted by molar-refractivity contribution is 0.0635. The molecule has 0 radical (unpaired) electrons. The van der Waals surface area contributed by atoms with Crippen molar-refractivity contribution in [3.8, 4) is 0 Å². The molecule has 1 aliphatic rings. The minimum absolute atomic E-state index is 0.0326. The van der Waals surface area contributed by atoms with Gasteiger partial charge in [-0.2, -0.15) is 0 Å². The molecule has 1 atom stereocenters. The van der Waals surface area contributed by atoms with Crippen LogP contribution in [0, 0.1) is 6.92 Å². The Morgan fingerprint density at radius 2 is 1.71 bits per heavy atom. The lowest BCUT2D eigenvalue weighted by atomic mass is 10.0. The lowest BCUT2D eigenvalue weighted by Gasteiger charge is -2.33. The molecular formula is C27H28N4O3. The molecule has 0 saturated carbocycles. The number of aromatic nitrogens is 1. The van der Waals surface area contributed by atoms with Gasteiger partial charge in [-0.3, -0.25) is 19.4 Å². The molecule has 34 heavy (non-hydrogen) atoms. The minimum atomic E-state index is -0.302. The minimum Gasteiger partial charge on any atom is -0.336 e. The monoisotopic (exact) mass is 456 g/mol. The topological polar surface area (TPSA) is 91.4 Å². The van der Waals surface area contributed by atoms with Crippen molar-refractivity contribution in [1.29, 1.82) is 0 Å². The van der Waals surface area contributed by atoms with Crippen LogP contribution in [0.2, 0.25) is 0 Å². The van der Waals surface area contributed by atoms with Gasteiger partial charge in [0.25, 0.3) is 17.7 Å². The maximum Gasteiger partial charge on any atom is 0.257 e. The number of aryl methyl sites for hydroxylation is 1. The number of nitrogens with one attached hydrogen (secondary N) is 2. The van der Waals surface area contributed by atoms with Gasteiger partial charge < -0.3 is 15.5 Å². The van der Waals surface area contributed by atoms with Gasteiger partial charge in [0.2, 0.25) is 0 Å². The molecule has 2 aromatic carbocycles. The summed E-state index contributed by atoms with van der Waals surface area (Å²) < 4.78 is 0. The van der Waals surface area contributed by atoms with Crippen molar-refractivity contribution in [3.63, 3.8) is 0 Å². The smallest absolute Gasteiger partial charge is 0.257 e. The molecule has 1 fully saturated rings. The van der Waals surface area contributed by atoms with Crippen molar-refractivity contribution in [2.24, 2.45) is 0 Å². The Bertz CT molecular complexity index is 1210. The van der Waals surface area contributed by atoms with Crippen LogP contribution in [-0.4, -0.2) is 40.2 Å². The molecule has 0 bridgehead atoms. The predicted octanol–water partition coefficient (Wildman–Crippen LogP) is 4.91. The van der Waals surface area contributed by atoms with Gasteiger partial charge in [0, 0.05) is 47.5 Å². The molecule has 1 saturated heterocycles. The molecule has 1 unspecified atom stereocenters. The first-order valence-corrected chi connectivity index (χ1v) is 11.5. The third-order valence-corrected chi connectivity index (χ3v) is 6.09. The summed E-state index contributed by atoms with van der Waals surface area (Å²) in [7, 11) is 0. The number of carbonyl (C=O) groups is 3. The van der Waals surface area contributed by atoms with Gasteiger partial charge in [0.05, 0.1) is 5.56 Å². The molecule has 174 valence electrons. The Hall–Kier alpha value is -4.00. The third kappa shape index (κ3) is 5.31. The van der Waals surface area contributed by atoms with Crippen molar-refractivity contribution < 1.29 is 14.4 Å². The van der Waals surface area contributed by atoms with Gasteiger partial charge in [0.1, 0.15) is 0 Å². The van der Waals surface area contributed by atoms with E-state index in [1.165, 1.54) is 6.20 Å². The third-order valence-electron chi connectivity index (χ3n) is 6.09. The maximum atomic E-state index is 12.9. The average molecular weight is 457 g/mol. The van der Waals surface area contributed by atoms with Gasteiger partial charge in [-0.1, -0.05) is 6.07 Å². The highest BCUT2D eigenvalue weighted by molar-refractivity contribution is 6.07. The van der Waals surface area contributed by atoms with E-state index in [1.807, 2.05) is 17.9 Å². The highest BCUT2D eigenvalue weighted by Crippen LogP contribution is 2.23. The van der Waals surface area contributed by atoms with Crippen LogP contribution in [0.4, 0.5) is 11.4 Å². The van der Waals surface area contributed by atoms with E-state index in [9.17, 15) is 14.4 Å². The second kappa shape index (κ2) is 10.3. The zero-order valence-corrected chi connectivity index (χ0v) is 19.4. The van der Waals surface area contributed by atoms with Gasteiger partial charge in [-0.15, -0.1) is 0 Å². The molecule has 2 heterocycles. The molecule has 3 amide bonds. The first kappa shape index (κ1) is 23.2. The van der Waals surface area contributed by atoms with Crippen LogP contribution in [0.1, 0.15) is 62.8 Å². The Balaban J connectivity index is 1.44. The molecule has 3 aromatic rings. The van der Waals surface area contributed by atoms with Gasteiger partial charge in [-0.05, 0) is 87.2 Å². The zero-order chi connectivity index (χ0) is 24.1. The highest BCUT2D eigenvalue weighted by atomic mass is 16.2. The Morgan fingerprint density at radius 1 is 0.912 bits per heavy atom. The first-order chi connectivity index (χ1) is 16.4. The van der Waals surface area contributed by atoms with Gasteiger partial charge in [-0.25, -0.2) is 0 Å². The number of rotatable bonds is 5. The maximum absolute atomic E-state index is 12.9. The van der Waals surface area contributed by atoms with Crippen LogP contribution < -0.4 is 10.6 Å². The van der Waals surface area contributed by atoms with E-state index in [-0.39, 0.29) is 23.8 Å². The first-order valence-electron chi connectivity index (χ1n) is 11.5. The number of amides is 3. The summed E-state index contributed by atoms with van der Waals surface area (Å²) in [5.41, 5.74) is 3.43. The number of nitrogens with zero attached hydrogens (tertiary/aromatic N) is 2. The van der Waals surface area contributed by atoms with Crippen molar-refractivity contribution in [3.05, 3.63) is 89.2 Å². The Kier molecular flexibility index (Phi) is 7.01. The standard InChI is InChI=1S/C27H28N4O3/c1-18-15-21(27(34)31-14-4-3-7-19(31)2)11-12-24(18)30-25(32)20-8-5-10-23(16-20)29-26(33)22-9-6-13-28-17-22/h5-6,8-13,15-17,19H,3-4,7,14H2,1-2H3,(H,29,33)(H,30,32). The number of anilines is 2. The number of carbonyl (C=O) groups excluding carboxylic acids is 3. The fraction of sp³-hybridized carbons (Fsp3) is 0.259. The van der Waals surface area contributed by atoms with Crippen LogP contribution >= 0.6 is 0 Å². The fourth-order valence-corrected chi connectivity index (χ4v) is 4.14. The van der Waals surface area contributed by atoms with E-state index < -0.39 is 0 Å². The Morgan fingerprint density at radius 3 is 2.44 bits per heavy atom. The molecule has 0 aliphatic carbocycles. The van der Waals surface area contributed by atoms with E-state index in [0.29, 0.717) is 28.1 Å². The summed E-state index contributed by atoms with van der Waals surface area (Å²) in [4.78, 5) is 44.1. The zero-order valence-electron chi connectivity index (χ0n) is 19.4. The lowest BCUT2D eigenvalue weighted by Crippen LogP contribution is -2.42. The molecule has 7 heteroatoms. The van der Waals surface area contributed by atoms with Crippen LogP contribution in [-0.2, 0) is 0 Å². The summed E-state index contributed by atoms with van der Waals surface area (Å²) in [5.74, 6) is -0.570. The van der Waals surface area contributed by atoms with Crippen LogP contribution in [0.25, 0.3) is 0 Å². The van der Waals surface area contributed by atoms with Crippen LogP contribution in [0.15, 0.2) is 67.0 Å². The molecule has 4 rings (SSSR count). The molecule has 0 spiro atoms. The summed E-state index contributed by atoms with van der Waals surface area (Å²) >= 11 is 0. The molecular weight excluding hydrogens is 428 g/mol. The molecule has 2 N–H and O–H groups in total. The van der Waals surface area contributed by atoms with Gasteiger partial charge >= 0.3 is 0 Å². The second-order valence-electron chi connectivity index (χ2n) is 8.60. The highest BCUT2D eigenvalue weighted by Gasteiger charge is 2.24. The van der Waals surface area contributed by atoms with E-state index in [1.54, 1.807) is 54.7 Å². The van der Waals surface area contributed by atoms with Crippen molar-refractivity contribution in [2.75, 3.05) is 17.2 Å². The SMILES string of the molecule is Cc1cc(C(=O)N2CCCCC2C)ccc1NC(=O)c1cccc(NC(=O)c2cccnc2)c1. The molecule has 7 nitrogen and oxygen atoms in total. The van der Waals surface area contributed by atoms with E-state index in [4.69, 9.17) is 0 Å². The van der Waals surface area contributed by atoms with E-state index in [2.05, 4.69) is 22.5 Å². The van der Waals surface area contributed by atoms with Gasteiger partial charge in [0.15, 0.2) is 0 Å². The normalized spacial score (nSPS) is 15.5. The average Bonchev–Trinajstić information content (AvgIpc) is 2.86. The number of likely N-dealkylation sites (tertiary alicyclic amines) is 1. The van der Waals surface area contributed by atoms with Crippen molar-refractivity contribution in [2.45, 2.75) is 39.2 Å². The van der Waals surface area contributed by atoms with Crippen molar-refractivity contribution in [1.82, 2.24) is 9.88 Å². The number of hydrogen-bond donors (Lipinski definition) is 2. The van der Waals surface area contributed by atoms with Crippen LogP contribution in [0.3, 0.4) is 0 Å². The summed E-state index contributed by atoms with van der Waals surface area (Å²) in [6.07, 6.45) is 6.30. The second-order valence-corrected chi connectivity index (χ2v) is 8.60. The van der Waals surface area contributed by atoms with Crippen LogP contribution in [0.5, 0.6) is 0 Å². The quantitative estimate of drug-likeness (QED) is 0.571. The summed E-state index contributed by atoms with van der Waals surface area (Å²) in [6, 6.07) is 15.7. The molecule has 1 aromatic heterocycles. The molecule has 1 aliphatic heterocycles. The largest absolute Gasteiger partial charge is 0.336 e. The fourth-order valence-electron chi connectivity index (χ4n) is 4.14. The number of hydrogen-bond acceptors (Lipinski definition) is 4. The summed E-state index contributed by atoms with van der Waals surface area (Å²) in [6.45, 7) is 4.74. The predicted molar refractivity (Wildman–Crippen MR) is 132 cm³/mol. The van der Waals surface area contributed by atoms with E-state index >= 15 is 0 Å². The summed E-state index contributed by atoms with van der Waals surface area (Å²) in [5, 5.41) is 5.69. The number of benzene rings is 2. The Labute approximate surface area is 199 Å². The number of pyridine rings is 1. The van der Waals surface area contributed by atoms with Crippen molar-refractivity contribution >= 4 is 29.1 Å². The van der Waals surface area contributed by atoms with E-state index in [0.717, 1.165) is 31.4 Å². The number of piperidine rings is 1.